The molecule has 0 radical (unpaired) electrons. The first kappa shape index (κ1) is 112. The van der Waals surface area contributed by atoms with E-state index < -0.39 is 83.3 Å². The summed E-state index contributed by atoms with van der Waals surface area (Å²) in [5.41, 5.74) is 18.1. The van der Waals surface area contributed by atoms with Gasteiger partial charge in [-0.15, -0.1) is 12.3 Å². The van der Waals surface area contributed by atoms with Crippen molar-refractivity contribution in [2.75, 3.05) is 79.0 Å². The van der Waals surface area contributed by atoms with Gasteiger partial charge in [-0.2, -0.15) is 0 Å². The molecule has 0 aliphatic heterocycles. The van der Waals surface area contributed by atoms with E-state index in [1.165, 1.54) is 41.4 Å². The van der Waals surface area contributed by atoms with Gasteiger partial charge in [-0.1, -0.05) is 162 Å². The number of aliphatic hydroxyl groups is 3. The van der Waals surface area contributed by atoms with Crippen molar-refractivity contribution in [2.45, 2.75) is 223 Å². The maximum atomic E-state index is 14.1. The number of aliphatic hydroxyl groups excluding tert-OH is 3. The summed E-state index contributed by atoms with van der Waals surface area (Å²) >= 11 is 0. The Kier molecular flexibility index (Phi) is 49.9. The summed E-state index contributed by atoms with van der Waals surface area (Å²) in [4.78, 5) is 136. The Morgan fingerprint density at radius 1 is 0.388 bits per heavy atom. The first-order valence-electron chi connectivity index (χ1n) is 46.5. The summed E-state index contributed by atoms with van der Waals surface area (Å²) in [5, 5.41) is 47.3. The molecule has 26 nitrogen and oxygen atoms in total. The number of carbonyl (C=O) groups excluding carboxylic acids is 10. The van der Waals surface area contributed by atoms with E-state index >= 15 is 0 Å². The minimum atomic E-state index is -1.25. The number of benzene rings is 7. The number of nitrogens with zero attached hydrogens (tertiary/aromatic N) is 6. The number of unbranched alkanes of at least 4 members (excludes halogenated alkanes) is 1. The molecule has 30 heteroatoms. The number of amides is 10. The number of hydrogen-bond acceptors (Lipinski definition) is 16. The molecule has 10 amide bonds. The van der Waals surface area contributed by atoms with Crippen molar-refractivity contribution in [1.29, 1.82) is 0 Å². The minimum absolute atomic E-state index is 0.0202. The number of terminal acetylenes is 1. The summed E-state index contributed by atoms with van der Waals surface area (Å²) in [5.74, 6) is 1.39. The Morgan fingerprint density at radius 2 is 0.716 bits per heavy atom. The van der Waals surface area contributed by atoms with Crippen LogP contribution in [0.1, 0.15) is 267 Å². The normalized spacial score (nSPS) is 12.4. The predicted octanol–water partition coefficient (Wildman–Crippen LogP) is 13.1. The molecule has 7 rings (SSSR count). The van der Waals surface area contributed by atoms with Gasteiger partial charge in [0.1, 0.15) is 23.3 Å². The number of rotatable bonds is 51. The van der Waals surface area contributed by atoms with Crippen LogP contribution in [0.2, 0.25) is 0 Å². The van der Waals surface area contributed by atoms with Crippen LogP contribution in [0.3, 0.4) is 0 Å². The molecule has 6 atom stereocenters. The third-order valence-corrected chi connectivity index (χ3v) is 21.1. The topological polar surface area (TPSA) is 349 Å². The molecular formula is C104H139F4N13O13. The fraction of sp³-hybridized carbons (Fsp3) is 0.462. The highest BCUT2D eigenvalue weighted by Crippen LogP contribution is 2.23. The second-order valence-corrected chi connectivity index (χ2v) is 34.3. The van der Waals surface area contributed by atoms with Gasteiger partial charge in [0, 0.05) is 154 Å². The highest BCUT2D eigenvalue weighted by Gasteiger charge is 2.32. The number of nitrogens with one attached hydrogen (secondary N) is 6. The number of likely N-dealkylation sites (N-methyl/N-ethyl adjacent to an activating group) is 1. The Hall–Kier alpha value is -12.2. The second kappa shape index (κ2) is 59.5. The fourth-order valence-electron chi connectivity index (χ4n) is 15.0. The van der Waals surface area contributed by atoms with E-state index in [4.69, 9.17) is 12.2 Å². The van der Waals surface area contributed by atoms with E-state index in [9.17, 15) is 80.8 Å². The van der Waals surface area contributed by atoms with Crippen molar-refractivity contribution < 1.29 is 80.8 Å². The van der Waals surface area contributed by atoms with Crippen molar-refractivity contribution in [3.8, 4) is 24.2 Å². The van der Waals surface area contributed by atoms with E-state index in [0.29, 0.717) is 94.7 Å². The highest BCUT2D eigenvalue weighted by molar-refractivity contribution is 6.05. The minimum Gasteiger partial charge on any atom is -0.390 e. The van der Waals surface area contributed by atoms with Crippen LogP contribution in [0, 0.1) is 59.3 Å². The average molecular weight is 1860 g/mol. The molecule has 726 valence electrons. The van der Waals surface area contributed by atoms with E-state index in [1.807, 2.05) is 144 Å². The number of nitrogens with two attached hydrogens (primary N) is 1. The Bertz CT molecular complexity index is 5010. The number of primary amides is 1. The molecule has 11 N–H and O–H groups in total. The monoisotopic (exact) mass is 1850 g/mol. The predicted molar refractivity (Wildman–Crippen MR) is 514 cm³/mol. The first-order chi connectivity index (χ1) is 63.9. The van der Waals surface area contributed by atoms with Gasteiger partial charge in [0.15, 0.2) is 0 Å². The first-order valence-corrected chi connectivity index (χ1v) is 46.5. The van der Waals surface area contributed by atoms with Crippen molar-refractivity contribution in [2.24, 2.45) is 17.6 Å². The Labute approximate surface area is 788 Å². The van der Waals surface area contributed by atoms with E-state index in [2.05, 4.69) is 50.0 Å². The van der Waals surface area contributed by atoms with Gasteiger partial charge in [-0.05, 0) is 191 Å². The fourth-order valence-corrected chi connectivity index (χ4v) is 15.0. The summed E-state index contributed by atoms with van der Waals surface area (Å²) in [7, 11) is 1.64. The zero-order valence-electron chi connectivity index (χ0n) is 80.2. The molecule has 0 saturated heterocycles. The summed E-state index contributed by atoms with van der Waals surface area (Å²) < 4.78 is 56.3. The molecule has 134 heavy (non-hydrogen) atoms. The third kappa shape index (κ3) is 39.9. The van der Waals surface area contributed by atoms with Crippen molar-refractivity contribution in [3.05, 3.63) is 247 Å². The lowest BCUT2D eigenvalue weighted by Gasteiger charge is -2.31. The average Bonchev–Trinajstić information content (AvgIpc) is 0.793. The molecule has 6 unspecified atom stereocenters. The van der Waals surface area contributed by atoms with Crippen molar-refractivity contribution in [3.63, 3.8) is 0 Å². The molecular weight excluding hydrogens is 1720 g/mol. The van der Waals surface area contributed by atoms with E-state index in [1.54, 1.807) is 56.9 Å². The zero-order chi connectivity index (χ0) is 99.1. The van der Waals surface area contributed by atoms with Crippen molar-refractivity contribution in [1.82, 2.24) is 62.0 Å². The van der Waals surface area contributed by atoms with Crippen LogP contribution >= 0.6 is 0 Å². The van der Waals surface area contributed by atoms with Gasteiger partial charge in [0.25, 0.3) is 35.4 Å². The molecule has 0 bridgehead atoms. The number of halogens is 4. The van der Waals surface area contributed by atoms with Gasteiger partial charge in [-0.3, -0.25) is 64.2 Å². The zero-order valence-corrected chi connectivity index (χ0v) is 80.2. The maximum Gasteiger partial charge on any atom is 0.253 e. The standard InChI is InChI=1S/2C35H48F2N4O4.C34H43N5O5/c1-7-11-14-41(39-33(43)15-24(5)6)23-32(42)31(20-26-18-29(36)22-30(37)19-26)38-34(44)27-16-25(10-4)17-28(21-27)35(45)40(12-8-2)13-9-3;1-7-11-25-16-27(21-28(17-25)35(45)40(12-8-2)13-9-3)34(44)38-31(20-26-18-29(36)22-30(37)19-26)32(42)23-41(14-10-4)39-33(43)15-24(5)6;1-4-16-39(17-5-2)34(44)28-21-26(32(35)42)20-27(22-28)33(43)36-29(18-24-12-8-6-9-13-24)30(40)23-38(3)37-31(41)19-25-14-10-7-11-15-25/h4,16-19,21-22,24,31-32,42H,7-9,11-15,20,23H2,1-3,5-6H3,(H,38,44)(H,39,43);16-19,21-22,24,31-32,42H,8-10,12-15,20,23H2,1-6H3,(H,38,44)(H,39,43);6-15,20-22,29-30,40H,4-5,16-19,23H2,1-3H3,(H2,35,42)(H,36,43)(H,37,41). The lowest BCUT2D eigenvalue weighted by Crippen LogP contribution is -2.53. The number of carbonyl (C=O) groups is 10. The lowest BCUT2D eigenvalue weighted by molar-refractivity contribution is -0.128. The van der Waals surface area contributed by atoms with Crippen LogP contribution < -0.4 is 38.0 Å². The van der Waals surface area contributed by atoms with Crippen LogP contribution in [0.25, 0.3) is 0 Å². The SMILES string of the molecule is C#Cc1cc(C(=O)NC(Cc2cc(F)cc(F)c2)C(O)CN(CCCC)NC(=O)CC(C)C)cc(C(=O)N(CCC)CCC)c1.CC#Cc1cc(C(=O)NC(Cc2cc(F)cc(F)c2)C(O)CN(CCC)NC(=O)CC(C)C)cc(C(=O)N(CCC)CCC)c1.CCCN(CCC)C(=O)c1cc(C(N)=O)cc(C(=O)NC(Cc2ccccc2)C(O)CN(C)NC(=O)Cc2ccccc2)c1. The smallest absolute Gasteiger partial charge is 0.253 e. The summed E-state index contributed by atoms with van der Waals surface area (Å²) in [6.45, 7) is 29.3. The van der Waals surface area contributed by atoms with Crippen LogP contribution in [0.5, 0.6) is 0 Å². The van der Waals surface area contributed by atoms with Gasteiger partial charge in [-0.25, -0.2) is 32.6 Å². The number of hydrogen-bond donors (Lipinski definition) is 10. The quantitative estimate of drug-likeness (QED) is 0.00962. The molecule has 0 saturated carbocycles. The lowest BCUT2D eigenvalue weighted by atomic mass is 9.99. The van der Waals surface area contributed by atoms with Crippen LogP contribution in [-0.4, -0.2) is 220 Å². The molecule has 0 heterocycles. The molecule has 0 fully saturated rings. The van der Waals surface area contributed by atoms with E-state index in [-0.39, 0.29) is 131 Å². The molecule has 7 aromatic carbocycles. The highest BCUT2D eigenvalue weighted by atomic mass is 19.1. The summed E-state index contributed by atoms with van der Waals surface area (Å²) in [6, 6.07) is 35.4. The third-order valence-electron chi connectivity index (χ3n) is 21.1. The maximum absolute atomic E-state index is 14.1. The molecule has 0 aliphatic rings. The van der Waals surface area contributed by atoms with Gasteiger partial charge < -0.3 is 51.7 Å². The van der Waals surface area contributed by atoms with Crippen LogP contribution in [-0.2, 0) is 40.1 Å². The molecule has 0 aliphatic carbocycles. The molecule has 0 aromatic heterocycles. The van der Waals surface area contributed by atoms with Crippen LogP contribution in [0.15, 0.2) is 152 Å². The second-order valence-electron chi connectivity index (χ2n) is 34.3. The number of hydrazine groups is 3. The van der Waals surface area contributed by atoms with Crippen molar-refractivity contribution >= 4 is 59.1 Å². The van der Waals surface area contributed by atoms with Crippen LogP contribution in [0.4, 0.5) is 17.6 Å². The Balaban J connectivity index is 0.000000355. The van der Waals surface area contributed by atoms with Gasteiger partial charge >= 0.3 is 0 Å². The van der Waals surface area contributed by atoms with Gasteiger partial charge in [0.2, 0.25) is 23.6 Å². The molecule has 0 spiro atoms. The molecule has 7 aromatic rings. The Morgan fingerprint density at radius 3 is 1.08 bits per heavy atom. The summed E-state index contributed by atoms with van der Waals surface area (Å²) in [6.07, 6.45) is 9.81. The van der Waals surface area contributed by atoms with E-state index in [0.717, 1.165) is 98.9 Å². The van der Waals surface area contributed by atoms with Gasteiger partial charge in [0.05, 0.1) is 42.9 Å². The largest absolute Gasteiger partial charge is 0.390 e.